The predicted octanol–water partition coefficient (Wildman–Crippen LogP) is 2.98. The molecule has 0 fully saturated rings. The molecule has 0 saturated carbocycles. The van der Waals surface area contributed by atoms with Crippen LogP contribution in [-0.2, 0) is 0 Å². The van der Waals surface area contributed by atoms with E-state index in [0.29, 0.717) is 0 Å². The van der Waals surface area contributed by atoms with Gasteiger partial charge in [0.05, 0.1) is 12.5 Å². The Morgan fingerprint density at radius 2 is 2.00 bits per heavy atom. The molecule has 0 spiro atoms. The third-order valence-corrected chi connectivity index (χ3v) is 2.58. The molecule has 0 aliphatic heterocycles. The van der Waals surface area contributed by atoms with E-state index in [1.807, 2.05) is 26.0 Å². The van der Waals surface area contributed by atoms with Gasteiger partial charge in [-0.25, -0.2) is 0 Å². The molecule has 15 heavy (non-hydrogen) atoms. The van der Waals surface area contributed by atoms with E-state index in [2.05, 4.69) is 6.07 Å². The highest BCUT2D eigenvalue weighted by Crippen LogP contribution is 2.25. The largest absolute Gasteiger partial charge is 0.472 e. The molecule has 0 unspecified atom stereocenters. The smallest absolute Gasteiger partial charge is 0.107 e. The molecule has 0 bridgehead atoms. The maximum atomic E-state index is 10.1. The number of aliphatic hydroxyl groups excluding tert-OH is 1. The average Bonchev–Trinajstić information content (AvgIpc) is 2.69. The van der Waals surface area contributed by atoms with Gasteiger partial charge in [-0.1, -0.05) is 23.8 Å². The molecule has 0 saturated heterocycles. The van der Waals surface area contributed by atoms with Crippen LogP contribution in [0.4, 0.5) is 0 Å². The molecule has 2 nitrogen and oxygen atoms in total. The van der Waals surface area contributed by atoms with E-state index in [0.717, 1.165) is 16.7 Å². The zero-order chi connectivity index (χ0) is 10.8. The fourth-order valence-corrected chi connectivity index (χ4v) is 1.74. The van der Waals surface area contributed by atoms with Crippen molar-refractivity contribution in [2.45, 2.75) is 20.0 Å². The van der Waals surface area contributed by atoms with Crippen molar-refractivity contribution in [1.29, 1.82) is 0 Å². The lowest BCUT2D eigenvalue weighted by Gasteiger charge is -2.12. The summed E-state index contributed by atoms with van der Waals surface area (Å²) in [7, 11) is 0. The first kappa shape index (κ1) is 9.99. The van der Waals surface area contributed by atoms with Crippen molar-refractivity contribution in [3.05, 3.63) is 59.0 Å². The van der Waals surface area contributed by atoms with Crippen LogP contribution >= 0.6 is 0 Å². The molecule has 1 atom stereocenters. The summed E-state index contributed by atoms with van der Waals surface area (Å²) in [5.74, 6) is 0. The minimum Gasteiger partial charge on any atom is -0.472 e. The molecule has 1 heterocycles. The lowest BCUT2D eigenvalue weighted by atomic mass is 9.98. The van der Waals surface area contributed by atoms with Crippen LogP contribution in [0.1, 0.15) is 28.4 Å². The van der Waals surface area contributed by atoms with E-state index < -0.39 is 6.10 Å². The fraction of sp³-hybridized carbons (Fsp3) is 0.231. The number of hydrogen-bond donors (Lipinski definition) is 1. The molecule has 0 aliphatic rings. The van der Waals surface area contributed by atoms with E-state index in [9.17, 15) is 5.11 Å². The highest BCUT2D eigenvalue weighted by molar-refractivity contribution is 5.36. The van der Waals surface area contributed by atoms with Crippen molar-refractivity contribution in [3.8, 4) is 0 Å². The first-order valence-electron chi connectivity index (χ1n) is 4.96. The van der Waals surface area contributed by atoms with E-state index in [4.69, 9.17) is 4.42 Å². The Balaban J connectivity index is 2.38. The van der Waals surface area contributed by atoms with Gasteiger partial charge in [0.25, 0.3) is 0 Å². The van der Waals surface area contributed by atoms with Crippen LogP contribution in [0.3, 0.4) is 0 Å². The van der Waals surface area contributed by atoms with Crippen molar-refractivity contribution in [1.82, 2.24) is 0 Å². The average molecular weight is 202 g/mol. The van der Waals surface area contributed by atoms with E-state index in [-0.39, 0.29) is 0 Å². The molecular weight excluding hydrogens is 188 g/mol. The summed E-state index contributed by atoms with van der Waals surface area (Å²) in [6.45, 7) is 4.05. The maximum Gasteiger partial charge on any atom is 0.107 e. The van der Waals surface area contributed by atoms with Gasteiger partial charge < -0.3 is 9.52 Å². The highest BCUT2D eigenvalue weighted by Gasteiger charge is 2.13. The van der Waals surface area contributed by atoms with Gasteiger partial charge in [0.2, 0.25) is 0 Å². The minimum absolute atomic E-state index is 0.593. The fourth-order valence-electron chi connectivity index (χ4n) is 1.74. The lowest BCUT2D eigenvalue weighted by molar-refractivity contribution is 0.218. The van der Waals surface area contributed by atoms with Gasteiger partial charge in [-0.3, -0.25) is 0 Å². The Bertz CT molecular complexity index is 444. The zero-order valence-corrected chi connectivity index (χ0v) is 8.90. The Hall–Kier alpha value is -1.54. The van der Waals surface area contributed by atoms with Crippen molar-refractivity contribution in [3.63, 3.8) is 0 Å². The van der Waals surface area contributed by atoms with Crippen LogP contribution in [-0.4, -0.2) is 5.11 Å². The standard InChI is InChI=1S/C13H14O2/c1-9-3-4-12(10(2)7-9)13(14)11-5-6-15-8-11/h3-8,13-14H,1-2H3/t13-/m0/s1. The summed E-state index contributed by atoms with van der Waals surface area (Å²) in [6, 6.07) is 7.82. The van der Waals surface area contributed by atoms with Gasteiger partial charge in [-0.15, -0.1) is 0 Å². The van der Waals surface area contributed by atoms with Crippen LogP contribution in [0.15, 0.2) is 41.2 Å². The monoisotopic (exact) mass is 202 g/mol. The molecule has 0 aliphatic carbocycles. The Kier molecular flexibility index (Phi) is 2.60. The Labute approximate surface area is 89.2 Å². The molecule has 2 aromatic rings. The van der Waals surface area contributed by atoms with Crippen LogP contribution in [0.5, 0.6) is 0 Å². The third-order valence-electron chi connectivity index (χ3n) is 2.58. The summed E-state index contributed by atoms with van der Waals surface area (Å²) in [6.07, 6.45) is 2.55. The van der Waals surface area contributed by atoms with Gasteiger partial charge in [-0.2, -0.15) is 0 Å². The summed E-state index contributed by atoms with van der Waals surface area (Å²) in [4.78, 5) is 0. The van der Waals surface area contributed by atoms with Gasteiger partial charge >= 0.3 is 0 Å². The SMILES string of the molecule is Cc1ccc([C@@H](O)c2ccoc2)c(C)c1. The molecule has 2 heteroatoms. The summed E-state index contributed by atoms with van der Waals surface area (Å²) in [5.41, 5.74) is 4.03. The molecule has 1 aromatic heterocycles. The number of hydrogen-bond acceptors (Lipinski definition) is 2. The van der Waals surface area contributed by atoms with Crippen molar-refractivity contribution < 1.29 is 9.52 Å². The summed E-state index contributed by atoms with van der Waals surface area (Å²) < 4.78 is 4.96. The maximum absolute atomic E-state index is 10.1. The number of aryl methyl sites for hydroxylation is 2. The first-order valence-corrected chi connectivity index (χ1v) is 4.96. The van der Waals surface area contributed by atoms with E-state index in [1.165, 1.54) is 5.56 Å². The van der Waals surface area contributed by atoms with Gasteiger partial charge in [0.15, 0.2) is 0 Å². The third kappa shape index (κ3) is 1.95. The van der Waals surface area contributed by atoms with Crippen molar-refractivity contribution >= 4 is 0 Å². The molecule has 78 valence electrons. The number of aliphatic hydroxyl groups is 1. The van der Waals surface area contributed by atoms with E-state index in [1.54, 1.807) is 18.6 Å². The van der Waals surface area contributed by atoms with Crippen LogP contribution in [0.25, 0.3) is 0 Å². The van der Waals surface area contributed by atoms with Gasteiger partial charge in [0, 0.05) is 5.56 Å². The molecule has 0 radical (unpaired) electrons. The van der Waals surface area contributed by atoms with Crippen molar-refractivity contribution in [2.24, 2.45) is 0 Å². The van der Waals surface area contributed by atoms with Gasteiger partial charge in [0.1, 0.15) is 6.10 Å². The molecule has 0 amide bonds. The van der Waals surface area contributed by atoms with Crippen molar-refractivity contribution in [2.75, 3.05) is 0 Å². The minimum atomic E-state index is -0.593. The summed E-state index contributed by atoms with van der Waals surface area (Å²) >= 11 is 0. The second-order valence-corrected chi connectivity index (χ2v) is 3.82. The predicted molar refractivity (Wildman–Crippen MR) is 58.7 cm³/mol. The number of benzene rings is 1. The van der Waals surface area contributed by atoms with Gasteiger partial charge in [-0.05, 0) is 31.0 Å². The van der Waals surface area contributed by atoms with Crippen LogP contribution < -0.4 is 0 Å². The van der Waals surface area contributed by atoms with Crippen LogP contribution in [0, 0.1) is 13.8 Å². The second-order valence-electron chi connectivity index (χ2n) is 3.82. The Morgan fingerprint density at radius 3 is 2.60 bits per heavy atom. The highest BCUT2D eigenvalue weighted by atomic mass is 16.3. The molecule has 1 aromatic carbocycles. The second kappa shape index (κ2) is 3.91. The topological polar surface area (TPSA) is 33.4 Å². The molecule has 2 rings (SSSR count). The zero-order valence-electron chi connectivity index (χ0n) is 8.90. The normalized spacial score (nSPS) is 12.7. The van der Waals surface area contributed by atoms with Crippen LogP contribution in [0.2, 0.25) is 0 Å². The first-order chi connectivity index (χ1) is 7.18. The number of furan rings is 1. The van der Waals surface area contributed by atoms with E-state index >= 15 is 0 Å². The Morgan fingerprint density at radius 1 is 1.20 bits per heavy atom. The molecule has 1 N–H and O–H groups in total. The quantitative estimate of drug-likeness (QED) is 0.812. The summed E-state index contributed by atoms with van der Waals surface area (Å²) in [5, 5.41) is 10.1. The lowest BCUT2D eigenvalue weighted by Crippen LogP contribution is -2.00. The molecular formula is C13H14O2. The number of rotatable bonds is 2.